The molecule has 2 amide bonds. The molecule has 0 fully saturated rings. The van der Waals surface area contributed by atoms with Crippen molar-refractivity contribution in [2.75, 3.05) is 6.54 Å². The molecule has 1 atom stereocenters. The number of amides is 2. The molecule has 23 heavy (non-hydrogen) atoms. The van der Waals surface area contributed by atoms with Crippen LogP contribution in [0.1, 0.15) is 39.3 Å². The Morgan fingerprint density at radius 3 is 2.65 bits per heavy atom. The molecule has 2 aromatic rings. The van der Waals surface area contributed by atoms with Gasteiger partial charge in [0.15, 0.2) is 0 Å². The highest BCUT2D eigenvalue weighted by Gasteiger charge is 2.29. The summed E-state index contributed by atoms with van der Waals surface area (Å²) in [5.41, 5.74) is 3.56. The van der Waals surface area contributed by atoms with Crippen molar-refractivity contribution in [2.24, 2.45) is 0 Å². The van der Waals surface area contributed by atoms with E-state index in [0.29, 0.717) is 6.54 Å². The first-order valence-electron chi connectivity index (χ1n) is 8.18. The van der Waals surface area contributed by atoms with E-state index in [9.17, 15) is 4.79 Å². The zero-order chi connectivity index (χ0) is 16.6. The van der Waals surface area contributed by atoms with Gasteiger partial charge < -0.3 is 14.8 Å². The molecule has 1 aliphatic heterocycles. The van der Waals surface area contributed by atoms with Gasteiger partial charge in [0.2, 0.25) is 0 Å². The molecule has 0 saturated heterocycles. The van der Waals surface area contributed by atoms with Gasteiger partial charge in [0.05, 0.1) is 24.3 Å². The van der Waals surface area contributed by atoms with Crippen LogP contribution in [0.2, 0.25) is 0 Å². The van der Waals surface area contributed by atoms with Crippen molar-refractivity contribution in [3.8, 4) is 11.3 Å². The third-order valence-corrected chi connectivity index (χ3v) is 4.39. The second-order valence-corrected chi connectivity index (χ2v) is 6.57. The molecule has 0 bridgehead atoms. The molecule has 1 unspecified atom stereocenters. The Bertz CT molecular complexity index is 697. The van der Waals surface area contributed by atoms with Gasteiger partial charge in [0, 0.05) is 24.2 Å². The first kappa shape index (κ1) is 15.6. The molecular weight excluding hydrogens is 288 g/mol. The standard InChI is InChI=1S/C18H24N4O/c1-12(2)22(13(3)4)18(23)20-10-17-15-8-6-5-7-14(15)16-9-19-11-21(16)17/h5-9,11-13,17H,10H2,1-4H3,(H,20,23). The fourth-order valence-corrected chi connectivity index (χ4v) is 3.48. The van der Waals surface area contributed by atoms with Crippen LogP contribution in [-0.4, -0.2) is 39.1 Å². The van der Waals surface area contributed by atoms with Crippen LogP contribution in [0, 0.1) is 0 Å². The first-order chi connectivity index (χ1) is 11.0. The summed E-state index contributed by atoms with van der Waals surface area (Å²) in [6, 6.07) is 8.76. The van der Waals surface area contributed by atoms with E-state index >= 15 is 0 Å². The highest BCUT2D eigenvalue weighted by molar-refractivity contribution is 5.75. The van der Waals surface area contributed by atoms with Crippen LogP contribution in [0.3, 0.4) is 0 Å². The SMILES string of the molecule is CC(C)N(C(=O)NCC1c2ccccc2-c2cncn21)C(C)C. The average molecular weight is 312 g/mol. The lowest BCUT2D eigenvalue weighted by atomic mass is 10.0. The van der Waals surface area contributed by atoms with Gasteiger partial charge in [-0.15, -0.1) is 0 Å². The number of nitrogens with zero attached hydrogens (tertiary/aromatic N) is 3. The topological polar surface area (TPSA) is 50.2 Å². The van der Waals surface area contributed by atoms with Gasteiger partial charge in [-0.05, 0) is 33.3 Å². The highest BCUT2D eigenvalue weighted by Crippen LogP contribution is 2.38. The van der Waals surface area contributed by atoms with Crippen molar-refractivity contribution < 1.29 is 4.79 Å². The maximum absolute atomic E-state index is 12.5. The Labute approximate surface area is 137 Å². The van der Waals surface area contributed by atoms with E-state index in [1.54, 1.807) is 0 Å². The van der Waals surface area contributed by atoms with Gasteiger partial charge in [0.1, 0.15) is 0 Å². The van der Waals surface area contributed by atoms with E-state index in [2.05, 4.69) is 27.0 Å². The molecular formula is C18H24N4O. The molecule has 0 saturated carbocycles. The molecule has 1 aliphatic rings. The van der Waals surface area contributed by atoms with Crippen molar-refractivity contribution in [3.05, 3.63) is 42.4 Å². The number of carbonyl (C=O) groups excluding carboxylic acids is 1. The minimum Gasteiger partial charge on any atom is -0.336 e. The molecule has 5 nitrogen and oxygen atoms in total. The van der Waals surface area contributed by atoms with Crippen LogP contribution >= 0.6 is 0 Å². The monoisotopic (exact) mass is 312 g/mol. The summed E-state index contributed by atoms with van der Waals surface area (Å²) < 4.78 is 2.14. The number of imidazole rings is 1. The summed E-state index contributed by atoms with van der Waals surface area (Å²) in [7, 11) is 0. The van der Waals surface area contributed by atoms with E-state index < -0.39 is 0 Å². The van der Waals surface area contributed by atoms with Crippen molar-refractivity contribution >= 4 is 6.03 Å². The fourth-order valence-electron chi connectivity index (χ4n) is 3.48. The summed E-state index contributed by atoms with van der Waals surface area (Å²) in [5, 5.41) is 3.10. The summed E-state index contributed by atoms with van der Waals surface area (Å²) in [6.07, 6.45) is 3.73. The predicted octanol–water partition coefficient (Wildman–Crippen LogP) is 3.28. The Hall–Kier alpha value is -2.30. The first-order valence-corrected chi connectivity index (χ1v) is 8.18. The van der Waals surface area contributed by atoms with E-state index in [1.165, 1.54) is 11.1 Å². The van der Waals surface area contributed by atoms with Gasteiger partial charge in [-0.25, -0.2) is 9.78 Å². The number of hydrogen-bond acceptors (Lipinski definition) is 2. The maximum Gasteiger partial charge on any atom is 0.317 e. The van der Waals surface area contributed by atoms with Crippen LogP contribution < -0.4 is 5.32 Å². The van der Waals surface area contributed by atoms with Gasteiger partial charge in [-0.1, -0.05) is 24.3 Å². The molecule has 1 aromatic heterocycles. The van der Waals surface area contributed by atoms with Gasteiger partial charge in [-0.3, -0.25) is 0 Å². The van der Waals surface area contributed by atoms with Crippen molar-refractivity contribution in [1.29, 1.82) is 0 Å². The van der Waals surface area contributed by atoms with Gasteiger partial charge >= 0.3 is 6.03 Å². The third-order valence-electron chi connectivity index (χ3n) is 4.39. The number of fused-ring (bicyclic) bond motifs is 3. The average Bonchev–Trinajstić information content (AvgIpc) is 3.05. The molecule has 0 spiro atoms. The van der Waals surface area contributed by atoms with Gasteiger partial charge in [-0.2, -0.15) is 0 Å². The summed E-state index contributed by atoms with van der Waals surface area (Å²) >= 11 is 0. The zero-order valence-corrected chi connectivity index (χ0v) is 14.2. The van der Waals surface area contributed by atoms with Crippen molar-refractivity contribution in [3.63, 3.8) is 0 Å². The molecule has 1 aromatic carbocycles. The summed E-state index contributed by atoms with van der Waals surface area (Å²) in [6.45, 7) is 8.73. The lowest BCUT2D eigenvalue weighted by molar-refractivity contribution is 0.164. The van der Waals surface area contributed by atoms with Crippen LogP contribution in [0.25, 0.3) is 11.3 Å². The minimum absolute atomic E-state index is 0.0129. The van der Waals surface area contributed by atoms with E-state index in [-0.39, 0.29) is 24.2 Å². The molecule has 0 aliphatic carbocycles. The normalized spacial score (nSPS) is 15.7. The Kier molecular flexibility index (Phi) is 4.11. The summed E-state index contributed by atoms with van der Waals surface area (Å²) in [4.78, 5) is 18.7. The molecule has 3 rings (SSSR count). The maximum atomic E-state index is 12.5. The minimum atomic E-state index is -0.0129. The van der Waals surface area contributed by atoms with Crippen LogP contribution in [-0.2, 0) is 0 Å². The molecule has 5 heteroatoms. The number of benzene rings is 1. The van der Waals surface area contributed by atoms with Crippen LogP contribution in [0.15, 0.2) is 36.8 Å². The second kappa shape index (κ2) is 6.07. The molecule has 0 radical (unpaired) electrons. The quantitative estimate of drug-likeness (QED) is 0.942. The number of hydrogen-bond donors (Lipinski definition) is 1. The largest absolute Gasteiger partial charge is 0.336 e. The van der Waals surface area contributed by atoms with Crippen LogP contribution in [0.5, 0.6) is 0 Å². The summed E-state index contributed by atoms with van der Waals surface area (Å²) in [5.74, 6) is 0. The number of urea groups is 1. The van der Waals surface area contributed by atoms with Crippen molar-refractivity contribution in [2.45, 2.75) is 45.8 Å². The van der Waals surface area contributed by atoms with E-state index in [4.69, 9.17) is 0 Å². The van der Waals surface area contributed by atoms with Crippen molar-refractivity contribution in [1.82, 2.24) is 19.8 Å². The molecule has 2 heterocycles. The highest BCUT2D eigenvalue weighted by atomic mass is 16.2. The number of carbonyl (C=O) groups is 1. The number of rotatable bonds is 4. The predicted molar refractivity (Wildman–Crippen MR) is 91.3 cm³/mol. The van der Waals surface area contributed by atoms with E-state index in [0.717, 1.165) is 5.69 Å². The van der Waals surface area contributed by atoms with E-state index in [1.807, 2.05) is 57.3 Å². The number of nitrogens with one attached hydrogen (secondary N) is 1. The Morgan fingerprint density at radius 2 is 1.96 bits per heavy atom. The van der Waals surface area contributed by atoms with Crippen LogP contribution in [0.4, 0.5) is 4.79 Å². The Morgan fingerprint density at radius 1 is 1.26 bits per heavy atom. The van der Waals surface area contributed by atoms with Gasteiger partial charge in [0.25, 0.3) is 0 Å². The zero-order valence-electron chi connectivity index (χ0n) is 14.2. The lowest BCUT2D eigenvalue weighted by Gasteiger charge is -2.31. The smallest absolute Gasteiger partial charge is 0.317 e. The lowest BCUT2D eigenvalue weighted by Crippen LogP contribution is -2.48. The molecule has 1 N–H and O–H groups in total. The fraction of sp³-hybridized carbons (Fsp3) is 0.444. The third kappa shape index (κ3) is 2.71. The molecule has 122 valence electrons. The Balaban J connectivity index is 1.78. The number of aromatic nitrogens is 2. The second-order valence-electron chi connectivity index (χ2n) is 6.57.